The summed E-state index contributed by atoms with van der Waals surface area (Å²) in [6, 6.07) is 4.59. The highest BCUT2D eigenvalue weighted by atomic mass is 16.5. The molecule has 130 valence electrons. The smallest absolute Gasteiger partial charge is 0.335 e. The van der Waals surface area contributed by atoms with Gasteiger partial charge in [-0.05, 0) is 28.9 Å². The SMILES string of the molecule is C[N+]1=CC2C=CC(COc3ccnn3-c3cc(C(=O)O)ccn3)=CC2=N1. The van der Waals surface area contributed by atoms with Crippen molar-refractivity contribution in [3.63, 3.8) is 0 Å². The number of nitrogens with zero attached hydrogens (tertiary/aromatic N) is 5. The Balaban J connectivity index is 1.51. The van der Waals surface area contributed by atoms with Gasteiger partial charge in [0.1, 0.15) is 18.2 Å². The first-order valence-electron chi connectivity index (χ1n) is 8.02. The van der Waals surface area contributed by atoms with Crippen molar-refractivity contribution < 1.29 is 19.3 Å². The summed E-state index contributed by atoms with van der Waals surface area (Å²) in [6.45, 7) is 0.344. The summed E-state index contributed by atoms with van der Waals surface area (Å²) in [5, 5.41) is 17.7. The van der Waals surface area contributed by atoms with Gasteiger partial charge in [-0.2, -0.15) is 9.78 Å². The van der Waals surface area contributed by atoms with E-state index in [0.29, 0.717) is 18.3 Å². The Labute approximate surface area is 149 Å². The molecular weight excluding hydrogens is 334 g/mol. The van der Waals surface area contributed by atoms with E-state index in [-0.39, 0.29) is 11.5 Å². The summed E-state index contributed by atoms with van der Waals surface area (Å²) in [5.41, 5.74) is 2.11. The van der Waals surface area contributed by atoms with Crippen molar-refractivity contribution in [2.45, 2.75) is 0 Å². The minimum absolute atomic E-state index is 0.139. The van der Waals surface area contributed by atoms with Gasteiger partial charge in [-0.3, -0.25) is 0 Å². The molecular formula is C18H16N5O3+. The van der Waals surface area contributed by atoms with E-state index in [1.54, 1.807) is 16.9 Å². The number of carbonyl (C=O) groups is 1. The van der Waals surface area contributed by atoms with E-state index >= 15 is 0 Å². The highest BCUT2D eigenvalue weighted by Gasteiger charge is 2.25. The van der Waals surface area contributed by atoms with Gasteiger partial charge in [0.15, 0.2) is 19.1 Å². The maximum atomic E-state index is 11.1. The first-order valence-corrected chi connectivity index (χ1v) is 8.02. The molecule has 0 saturated heterocycles. The topological polar surface area (TPSA) is 92.6 Å². The third-order valence-corrected chi connectivity index (χ3v) is 4.05. The highest BCUT2D eigenvalue weighted by molar-refractivity contribution is 6.09. The van der Waals surface area contributed by atoms with Gasteiger partial charge in [0.2, 0.25) is 5.88 Å². The molecule has 1 aliphatic carbocycles. The predicted molar refractivity (Wildman–Crippen MR) is 94.2 cm³/mol. The van der Waals surface area contributed by atoms with Crippen LogP contribution in [-0.4, -0.2) is 56.1 Å². The lowest BCUT2D eigenvalue weighted by atomic mass is 9.96. The Hall–Kier alpha value is -3.55. The Bertz CT molecular complexity index is 1000. The zero-order valence-corrected chi connectivity index (χ0v) is 14.0. The summed E-state index contributed by atoms with van der Waals surface area (Å²) in [7, 11) is 1.90. The number of hydrogen-bond acceptors (Lipinski definition) is 5. The molecule has 1 aliphatic heterocycles. The summed E-state index contributed by atoms with van der Waals surface area (Å²) in [5.74, 6) is 0.0645. The Morgan fingerprint density at radius 2 is 2.27 bits per heavy atom. The molecule has 26 heavy (non-hydrogen) atoms. The number of aromatic nitrogens is 3. The van der Waals surface area contributed by atoms with E-state index in [1.807, 2.05) is 25.4 Å². The van der Waals surface area contributed by atoms with Crippen molar-refractivity contribution in [1.82, 2.24) is 14.8 Å². The standard InChI is InChI=1S/C18H15N5O3/c1-22-10-14-3-2-12(8-15(14)21-22)11-26-17-5-7-20-23(17)16-9-13(18(24)25)4-6-19-16/h2-10,14H,11H2,1H3/p+1. The fourth-order valence-corrected chi connectivity index (χ4v) is 2.82. The maximum absolute atomic E-state index is 11.1. The van der Waals surface area contributed by atoms with Crippen molar-refractivity contribution in [1.29, 1.82) is 0 Å². The van der Waals surface area contributed by atoms with Crippen LogP contribution in [0.1, 0.15) is 10.4 Å². The van der Waals surface area contributed by atoms with Gasteiger partial charge in [-0.25, -0.2) is 9.78 Å². The van der Waals surface area contributed by atoms with Crippen LogP contribution in [0.3, 0.4) is 0 Å². The van der Waals surface area contributed by atoms with Crippen molar-refractivity contribution in [3.05, 3.63) is 60.0 Å². The normalized spacial score (nSPS) is 18.0. The van der Waals surface area contributed by atoms with E-state index in [9.17, 15) is 4.79 Å². The molecule has 1 atom stereocenters. The van der Waals surface area contributed by atoms with E-state index in [4.69, 9.17) is 9.84 Å². The Morgan fingerprint density at radius 3 is 3.12 bits per heavy atom. The first-order chi connectivity index (χ1) is 12.6. The molecule has 2 aliphatic rings. The molecule has 8 heteroatoms. The van der Waals surface area contributed by atoms with Gasteiger partial charge in [0.25, 0.3) is 0 Å². The fourth-order valence-electron chi connectivity index (χ4n) is 2.82. The number of fused-ring (bicyclic) bond motifs is 1. The van der Waals surface area contributed by atoms with Crippen LogP contribution < -0.4 is 4.74 Å². The molecule has 8 nitrogen and oxygen atoms in total. The molecule has 0 radical (unpaired) electrons. The Morgan fingerprint density at radius 1 is 1.38 bits per heavy atom. The average Bonchev–Trinajstić information content (AvgIpc) is 3.24. The van der Waals surface area contributed by atoms with Crippen molar-refractivity contribution >= 4 is 17.9 Å². The van der Waals surface area contributed by atoms with Gasteiger partial charge < -0.3 is 9.84 Å². The van der Waals surface area contributed by atoms with Crippen LogP contribution in [0.15, 0.2) is 59.5 Å². The molecule has 2 aromatic heterocycles. The largest absolute Gasteiger partial charge is 0.478 e. The van der Waals surface area contributed by atoms with Crippen molar-refractivity contribution in [3.8, 4) is 11.7 Å². The predicted octanol–water partition coefficient (Wildman–Crippen LogP) is 1.54. The van der Waals surface area contributed by atoms with Crippen LogP contribution in [0, 0.1) is 5.92 Å². The second-order valence-corrected chi connectivity index (χ2v) is 5.93. The van der Waals surface area contributed by atoms with Gasteiger partial charge in [-0.1, -0.05) is 16.8 Å². The van der Waals surface area contributed by atoms with Gasteiger partial charge in [0, 0.05) is 12.3 Å². The molecule has 0 saturated carbocycles. The number of rotatable bonds is 5. The van der Waals surface area contributed by atoms with Crippen LogP contribution in [0.5, 0.6) is 5.88 Å². The summed E-state index contributed by atoms with van der Waals surface area (Å²) in [6.07, 6.45) is 11.2. The van der Waals surface area contributed by atoms with Crippen LogP contribution in [0.4, 0.5) is 0 Å². The molecule has 1 unspecified atom stereocenters. The molecule has 1 N–H and O–H groups in total. The van der Waals surface area contributed by atoms with Crippen molar-refractivity contribution in [2.75, 3.05) is 13.7 Å². The van der Waals surface area contributed by atoms with E-state index < -0.39 is 5.97 Å². The minimum Gasteiger partial charge on any atom is -0.478 e. The fraction of sp³-hybridized carbons (Fsp3) is 0.167. The van der Waals surface area contributed by atoms with E-state index in [2.05, 4.69) is 21.3 Å². The number of ether oxygens (including phenoxy) is 1. The number of carboxylic acid groups (broad SMARTS) is 1. The van der Waals surface area contributed by atoms with Crippen LogP contribution in [0.25, 0.3) is 5.82 Å². The van der Waals surface area contributed by atoms with Crippen LogP contribution in [-0.2, 0) is 0 Å². The highest BCUT2D eigenvalue weighted by Crippen LogP contribution is 2.20. The quantitative estimate of drug-likeness (QED) is 0.826. The monoisotopic (exact) mass is 350 g/mol. The lowest BCUT2D eigenvalue weighted by Crippen LogP contribution is -2.14. The summed E-state index contributed by atoms with van der Waals surface area (Å²) >= 11 is 0. The lowest BCUT2D eigenvalue weighted by molar-refractivity contribution is -0.495. The number of hydrogen-bond donors (Lipinski definition) is 1. The molecule has 0 fully saturated rings. The van der Waals surface area contributed by atoms with Gasteiger partial charge in [-0.15, -0.1) is 0 Å². The zero-order chi connectivity index (χ0) is 18.1. The molecule has 0 amide bonds. The van der Waals surface area contributed by atoms with Crippen LogP contribution in [0.2, 0.25) is 0 Å². The van der Waals surface area contributed by atoms with Crippen molar-refractivity contribution in [2.24, 2.45) is 11.0 Å². The van der Waals surface area contributed by atoms with Gasteiger partial charge in [0.05, 0.1) is 11.8 Å². The second-order valence-electron chi connectivity index (χ2n) is 5.93. The average molecular weight is 350 g/mol. The second kappa shape index (κ2) is 6.40. The van der Waals surface area contributed by atoms with Gasteiger partial charge >= 0.3 is 5.97 Å². The minimum atomic E-state index is -1.02. The maximum Gasteiger partial charge on any atom is 0.335 e. The number of allylic oxidation sites excluding steroid dienone is 2. The third-order valence-electron chi connectivity index (χ3n) is 4.05. The first kappa shape index (κ1) is 15.9. The number of carboxylic acids is 1. The molecule has 0 aromatic carbocycles. The van der Waals surface area contributed by atoms with E-state index in [0.717, 1.165) is 11.3 Å². The molecule has 4 rings (SSSR count). The number of pyridine rings is 1. The van der Waals surface area contributed by atoms with Crippen LogP contribution >= 0.6 is 0 Å². The summed E-state index contributed by atoms with van der Waals surface area (Å²) < 4.78 is 9.14. The third kappa shape index (κ3) is 3.04. The molecule has 0 spiro atoms. The summed E-state index contributed by atoms with van der Waals surface area (Å²) in [4.78, 5) is 15.3. The number of aromatic carboxylic acids is 1. The number of hydrazone groups is 1. The molecule has 3 heterocycles. The van der Waals surface area contributed by atoms with E-state index in [1.165, 1.54) is 23.0 Å². The molecule has 2 aromatic rings. The molecule has 0 bridgehead atoms. The zero-order valence-electron chi connectivity index (χ0n) is 14.0. The Kier molecular flexibility index (Phi) is 3.92. The lowest BCUT2D eigenvalue weighted by Gasteiger charge is -2.12.